The van der Waals surface area contributed by atoms with Crippen molar-refractivity contribution in [2.45, 2.75) is 11.6 Å². The second-order valence-electron chi connectivity index (χ2n) is 6.26. The highest BCUT2D eigenvalue weighted by Crippen LogP contribution is 2.27. The number of amides is 1. The fraction of sp³-hybridized carbons (Fsp3) is 0.158. The fourth-order valence-electron chi connectivity index (χ4n) is 2.82. The maximum Gasteiger partial charge on any atom is 0.414 e. The highest BCUT2D eigenvalue weighted by molar-refractivity contribution is 9.10. The summed E-state index contributed by atoms with van der Waals surface area (Å²) in [5.74, 6) is 0. The van der Waals surface area contributed by atoms with E-state index >= 15 is 0 Å². The number of carbonyl (C=O) groups excluding carboxylic acids is 1. The summed E-state index contributed by atoms with van der Waals surface area (Å²) >= 11 is 4.65. The highest BCUT2D eigenvalue weighted by Gasteiger charge is 2.24. The van der Waals surface area contributed by atoms with Gasteiger partial charge in [0.1, 0.15) is 11.6 Å². The minimum absolute atomic E-state index is 0.0142. The van der Waals surface area contributed by atoms with Crippen molar-refractivity contribution >= 4 is 49.1 Å². The maximum atomic E-state index is 12.6. The number of thiazole rings is 1. The zero-order valence-electron chi connectivity index (χ0n) is 15.0. The van der Waals surface area contributed by atoms with E-state index in [-0.39, 0.29) is 11.6 Å². The number of rotatable bonds is 6. The second-order valence-corrected chi connectivity index (χ2v) is 9.75. The SMILES string of the molecule is O=C1OCCN1c1cccc(CNS(=O)(=O)c2csc(-c3ccc(Br)cc3)n2)c1. The van der Waals surface area contributed by atoms with Crippen LogP contribution in [0.15, 0.2) is 63.4 Å². The Labute approximate surface area is 180 Å². The normalized spacial score (nSPS) is 14.2. The Balaban J connectivity index is 1.47. The van der Waals surface area contributed by atoms with Gasteiger partial charge in [-0.1, -0.05) is 40.2 Å². The van der Waals surface area contributed by atoms with E-state index in [1.165, 1.54) is 21.6 Å². The lowest BCUT2D eigenvalue weighted by Crippen LogP contribution is -2.25. The molecule has 29 heavy (non-hydrogen) atoms. The molecule has 0 spiro atoms. The predicted octanol–water partition coefficient (Wildman–Crippen LogP) is 4.01. The first kappa shape index (κ1) is 20.0. The van der Waals surface area contributed by atoms with Gasteiger partial charge in [-0.05, 0) is 29.8 Å². The molecule has 3 aromatic rings. The van der Waals surface area contributed by atoms with Crippen molar-refractivity contribution in [1.82, 2.24) is 9.71 Å². The molecular weight excluding hydrogens is 478 g/mol. The zero-order valence-corrected chi connectivity index (χ0v) is 18.3. The first-order valence-electron chi connectivity index (χ1n) is 8.67. The molecule has 2 heterocycles. The molecule has 1 amide bonds. The van der Waals surface area contributed by atoms with Gasteiger partial charge in [-0.2, -0.15) is 0 Å². The Morgan fingerprint density at radius 1 is 1.21 bits per heavy atom. The van der Waals surface area contributed by atoms with Gasteiger partial charge in [0.05, 0.1) is 6.54 Å². The fourth-order valence-corrected chi connectivity index (χ4v) is 5.20. The van der Waals surface area contributed by atoms with Crippen LogP contribution in [-0.2, 0) is 21.3 Å². The second kappa shape index (κ2) is 8.23. The number of halogens is 1. The molecule has 0 atom stereocenters. The summed E-state index contributed by atoms with van der Waals surface area (Å²) in [6.07, 6.45) is -0.398. The number of nitrogens with zero attached hydrogens (tertiary/aromatic N) is 2. The first-order chi connectivity index (χ1) is 13.9. The number of sulfonamides is 1. The maximum absolute atomic E-state index is 12.6. The lowest BCUT2D eigenvalue weighted by atomic mass is 10.2. The lowest BCUT2D eigenvalue weighted by Gasteiger charge is -2.14. The van der Waals surface area contributed by atoms with Crippen LogP contribution in [0.5, 0.6) is 0 Å². The number of hydrogen-bond acceptors (Lipinski definition) is 6. The number of hydrogen-bond donors (Lipinski definition) is 1. The average molecular weight is 494 g/mol. The van der Waals surface area contributed by atoms with Crippen molar-refractivity contribution < 1.29 is 17.9 Å². The molecule has 1 fully saturated rings. The predicted molar refractivity (Wildman–Crippen MR) is 114 cm³/mol. The molecule has 2 aromatic carbocycles. The van der Waals surface area contributed by atoms with Gasteiger partial charge in [0.25, 0.3) is 10.0 Å². The molecule has 10 heteroatoms. The summed E-state index contributed by atoms with van der Waals surface area (Å²) in [6, 6.07) is 14.6. The third-order valence-electron chi connectivity index (χ3n) is 4.30. The van der Waals surface area contributed by atoms with Crippen LogP contribution < -0.4 is 9.62 Å². The van der Waals surface area contributed by atoms with Crippen LogP contribution in [0.4, 0.5) is 10.5 Å². The zero-order chi connectivity index (χ0) is 20.4. The van der Waals surface area contributed by atoms with Gasteiger partial charge in [-0.3, -0.25) is 4.90 Å². The third kappa shape index (κ3) is 4.50. The Hall–Kier alpha value is -2.27. The van der Waals surface area contributed by atoms with Gasteiger partial charge in [0, 0.05) is 27.6 Å². The van der Waals surface area contributed by atoms with Crippen LogP contribution in [0.1, 0.15) is 5.56 Å². The Bertz CT molecular complexity index is 1150. The highest BCUT2D eigenvalue weighted by atomic mass is 79.9. The van der Waals surface area contributed by atoms with Gasteiger partial charge >= 0.3 is 6.09 Å². The van der Waals surface area contributed by atoms with Gasteiger partial charge in [-0.15, -0.1) is 11.3 Å². The number of nitrogens with one attached hydrogen (secondary N) is 1. The van der Waals surface area contributed by atoms with E-state index in [0.29, 0.717) is 23.8 Å². The molecule has 150 valence electrons. The Morgan fingerprint density at radius 3 is 2.72 bits per heavy atom. The number of ether oxygens (including phenoxy) is 1. The van der Waals surface area contributed by atoms with Gasteiger partial charge in [0.15, 0.2) is 5.03 Å². The van der Waals surface area contributed by atoms with E-state index in [2.05, 4.69) is 25.6 Å². The minimum Gasteiger partial charge on any atom is -0.447 e. The molecule has 4 rings (SSSR count). The van der Waals surface area contributed by atoms with Gasteiger partial charge in [-0.25, -0.2) is 22.9 Å². The molecule has 0 radical (unpaired) electrons. The van der Waals surface area contributed by atoms with Crippen LogP contribution in [-0.4, -0.2) is 32.6 Å². The van der Waals surface area contributed by atoms with E-state index in [1.807, 2.05) is 24.3 Å². The molecule has 0 saturated carbocycles. The first-order valence-corrected chi connectivity index (χ1v) is 11.8. The number of cyclic esters (lactones) is 1. The van der Waals surface area contributed by atoms with E-state index in [4.69, 9.17) is 4.74 Å². The smallest absolute Gasteiger partial charge is 0.414 e. The summed E-state index contributed by atoms with van der Waals surface area (Å²) in [5, 5.41) is 2.14. The molecule has 1 N–H and O–H groups in total. The van der Waals surface area contributed by atoms with Gasteiger partial charge in [0.2, 0.25) is 0 Å². The van der Waals surface area contributed by atoms with E-state index < -0.39 is 16.1 Å². The summed E-state index contributed by atoms with van der Waals surface area (Å²) in [7, 11) is -3.76. The number of benzene rings is 2. The summed E-state index contributed by atoms with van der Waals surface area (Å²) in [4.78, 5) is 17.5. The Kier molecular flexibility index (Phi) is 5.68. The van der Waals surface area contributed by atoms with Crippen molar-refractivity contribution in [3.05, 3.63) is 63.9 Å². The van der Waals surface area contributed by atoms with Crippen molar-refractivity contribution in [3.8, 4) is 10.6 Å². The third-order valence-corrected chi connectivity index (χ3v) is 7.15. The lowest BCUT2D eigenvalue weighted by molar-refractivity contribution is 0.181. The number of aromatic nitrogens is 1. The Morgan fingerprint density at radius 2 is 2.00 bits per heavy atom. The quantitative estimate of drug-likeness (QED) is 0.560. The molecule has 1 aliphatic heterocycles. The summed E-state index contributed by atoms with van der Waals surface area (Å²) < 4.78 is 33.7. The molecule has 1 aromatic heterocycles. The monoisotopic (exact) mass is 493 g/mol. The molecule has 0 bridgehead atoms. The van der Waals surface area contributed by atoms with Crippen LogP contribution in [0.3, 0.4) is 0 Å². The molecule has 1 saturated heterocycles. The van der Waals surface area contributed by atoms with E-state index in [9.17, 15) is 13.2 Å². The van der Waals surface area contributed by atoms with E-state index in [0.717, 1.165) is 15.6 Å². The summed E-state index contributed by atoms with van der Waals surface area (Å²) in [5.41, 5.74) is 2.26. The van der Waals surface area contributed by atoms with Crippen molar-refractivity contribution in [2.24, 2.45) is 0 Å². The number of anilines is 1. The molecular formula is C19H16BrN3O4S2. The topological polar surface area (TPSA) is 88.6 Å². The van der Waals surface area contributed by atoms with E-state index in [1.54, 1.807) is 24.3 Å². The largest absolute Gasteiger partial charge is 0.447 e. The molecule has 0 aliphatic carbocycles. The van der Waals surface area contributed by atoms with Crippen LogP contribution in [0.2, 0.25) is 0 Å². The minimum atomic E-state index is -3.76. The number of carbonyl (C=O) groups is 1. The van der Waals surface area contributed by atoms with Gasteiger partial charge < -0.3 is 4.74 Å². The average Bonchev–Trinajstić information content (AvgIpc) is 3.37. The standard InChI is InChI=1S/C19H16BrN3O4S2/c20-15-6-4-14(5-7-15)18-22-17(12-28-18)29(25,26)21-11-13-2-1-3-16(10-13)23-8-9-27-19(23)24/h1-7,10,12,21H,8-9,11H2. The molecule has 7 nitrogen and oxygen atoms in total. The van der Waals surface area contributed by atoms with Crippen LogP contribution >= 0.6 is 27.3 Å². The van der Waals surface area contributed by atoms with Crippen molar-refractivity contribution in [2.75, 3.05) is 18.1 Å². The van der Waals surface area contributed by atoms with Crippen LogP contribution in [0, 0.1) is 0 Å². The molecule has 0 unspecified atom stereocenters. The van der Waals surface area contributed by atoms with Crippen LogP contribution in [0.25, 0.3) is 10.6 Å². The summed E-state index contributed by atoms with van der Waals surface area (Å²) in [6.45, 7) is 0.913. The van der Waals surface area contributed by atoms with Crippen molar-refractivity contribution in [3.63, 3.8) is 0 Å². The molecule has 1 aliphatic rings. The van der Waals surface area contributed by atoms with Crippen molar-refractivity contribution in [1.29, 1.82) is 0 Å².